The predicted molar refractivity (Wildman–Crippen MR) is 87.6 cm³/mol. The second-order valence-corrected chi connectivity index (χ2v) is 5.87. The highest BCUT2D eigenvalue weighted by atomic mass is 16.5. The molecule has 4 rings (SSSR count). The molecule has 0 saturated carbocycles. The van der Waals surface area contributed by atoms with E-state index >= 15 is 0 Å². The van der Waals surface area contributed by atoms with E-state index in [2.05, 4.69) is 10.1 Å². The van der Waals surface area contributed by atoms with Crippen molar-refractivity contribution in [1.82, 2.24) is 15.0 Å². The van der Waals surface area contributed by atoms with Crippen molar-refractivity contribution < 1.29 is 14.1 Å². The topological polar surface area (TPSA) is 68.5 Å². The average molecular weight is 323 g/mol. The Morgan fingerprint density at radius 2 is 2.12 bits per heavy atom. The van der Waals surface area contributed by atoms with Gasteiger partial charge in [0.2, 0.25) is 0 Å². The molecule has 1 fully saturated rings. The van der Waals surface area contributed by atoms with Crippen molar-refractivity contribution in [3.63, 3.8) is 0 Å². The Bertz CT molecular complexity index is 876. The normalized spacial score (nSPS) is 18.0. The van der Waals surface area contributed by atoms with Crippen molar-refractivity contribution in [2.75, 3.05) is 19.7 Å². The maximum atomic E-state index is 12.8. The lowest BCUT2D eigenvalue weighted by Crippen LogP contribution is -2.42. The number of pyridine rings is 1. The minimum atomic E-state index is -0.0991. The lowest BCUT2D eigenvalue weighted by Gasteiger charge is -2.33. The monoisotopic (exact) mass is 323 g/mol. The Balaban J connectivity index is 1.57. The van der Waals surface area contributed by atoms with Crippen molar-refractivity contribution in [3.8, 4) is 0 Å². The molecule has 0 unspecified atom stereocenters. The predicted octanol–water partition coefficient (Wildman–Crippen LogP) is 2.74. The number of carbonyl (C=O) groups is 1. The zero-order valence-electron chi connectivity index (χ0n) is 13.3. The van der Waals surface area contributed by atoms with Gasteiger partial charge < -0.3 is 14.2 Å². The molecule has 2 aromatic heterocycles. The second-order valence-electron chi connectivity index (χ2n) is 5.87. The van der Waals surface area contributed by atoms with Gasteiger partial charge in [0, 0.05) is 12.7 Å². The van der Waals surface area contributed by atoms with Crippen LogP contribution in [0.25, 0.3) is 11.1 Å². The summed E-state index contributed by atoms with van der Waals surface area (Å²) >= 11 is 0. The number of rotatable bonds is 2. The Kier molecular flexibility index (Phi) is 3.74. The van der Waals surface area contributed by atoms with Crippen molar-refractivity contribution in [2.24, 2.45) is 0 Å². The second kappa shape index (κ2) is 6.05. The van der Waals surface area contributed by atoms with E-state index in [1.54, 1.807) is 12.3 Å². The molecule has 3 aromatic rings. The van der Waals surface area contributed by atoms with Gasteiger partial charge in [-0.2, -0.15) is 0 Å². The molecule has 0 radical (unpaired) electrons. The van der Waals surface area contributed by atoms with E-state index in [1.807, 2.05) is 42.2 Å². The molecule has 1 amide bonds. The van der Waals surface area contributed by atoms with E-state index in [1.165, 1.54) is 0 Å². The van der Waals surface area contributed by atoms with Crippen molar-refractivity contribution in [1.29, 1.82) is 0 Å². The van der Waals surface area contributed by atoms with Crippen LogP contribution in [0.4, 0.5) is 0 Å². The quantitative estimate of drug-likeness (QED) is 0.725. The maximum absolute atomic E-state index is 12.8. The number of aromatic nitrogens is 2. The molecule has 1 aliphatic heterocycles. The summed E-state index contributed by atoms with van der Waals surface area (Å²) in [4.78, 5) is 18.8. The first-order valence-electron chi connectivity index (χ1n) is 7.90. The SMILES string of the molecule is Cc1noc2ncc(C(=O)N3CCO[C@H](c4ccccc4)C3)cc12. The molecule has 0 N–H and O–H groups in total. The lowest BCUT2D eigenvalue weighted by atomic mass is 10.1. The number of morpholine rings is 1. The molecule has 1 saturated heterocycles. The third-order valence-electron chi connectivity index (χ3n) is 4.28. The molecule has 0 bridgehead atoms. The molecule has 3 heterocycles. The van der Waals surface area contributed by atoms with Crippen LogP contribution >= 0.6 is 0 Å². The highest BCUT2D eigenvalue weighted by Gasteiger charge is 2.26. The number of amides is 1. The van der Waals surface area contributed by atoms with Crippen LogP contribution in [0.5, 0.6) is 0 Å². The molecule has 1 atom stereocenters. The van der Waals surface area contributed by atoms with Gasteiger partial charge in [0.1, 0.15) is 6.10 Å². The van der Waals surface area contributed by atoms with Gasteiger partial charge in [0.25, 0.3) is 11.6 Å². The zero-order valence-corrected chi connectivity index (χ0v) is 13.3. The standard InChI is InChI=1S/C18H17N3O3/c1-12-15-9-14(10-19-17(15)24-20-12)18(22)21-7-8-23-16(11-21)13-5-3-2-4-6-13/h2-6,9-10,16H,7-8,11H2,1H3/t16-/m0/s1. The van der Waals surface area contributed by atoms with E-state index in [-0.39, 0.29) is 12.0 Å². The van der Waals surface area contributed by atoms with E-state index in [9.17, 15) is 4.79 Å². The van der Waals surface area contributed by atoms with Gasteiger partial charge in [-0.25, -0.2) is 4.98 Å². The van der Waals surface area contributed by atoms with E-state index < -0.39 is 0 Å². The van der Waals surface area contributed by atoms with Gasteiger partial charge in [0.05, 0.1) is 29.8 Å². The number of carbonyl (C=O) groups excluding carboxylic acids is 1. The van der Waals surface area contributed by atoms with Crippen molar-refractivity contribution >= 4 is 17.0 Å². The van der Waals surface area contributed by atoms with Gasteiger partial charge in [-0.1, -0.05) is 35.5 Å². The number of benzene rings is 1. The molecule has 1 aromatic carbocycles. The van der Waals surface area contributed by atoms with E-state index in [0.717, 1.165) is 16.6 Å². The van der Waals surface area contributed by atoms with Crippen LogP contribution in [0, 0.1) is 6.92 Å². The van der Waals surface area contributed by atoms with Crippen LogP contribution in [0.1, 0.15) is 27.7 Å². The summed E-state index contributed by atoms with van der Waals surface area (Å²) < 4.78 is 10.9. The Morgan fingerprint density at radius 3 is 2.96 bits per heavy atom. The molecule has 0 spiro atoms. The summed E-state index contributed by atoms with van der Waals surface area (Å²) in [5.74, 6) is -0.0470. The number of hydrogen-bond donors (Lipinski definition) is 0. The zero-order chi connectivity index (χ0) is 16.5. The highest BCUT2D eigenvalue weighted by molar-refractivity contribution is 5.97. The van der Waals surface area contributed by atoms with Gasteiger partial charge in [0.15, 0.2) is 0 Å². The molecule has 6 heteroatoms. The number of aryl methyl sites for hydroxylation is 1. The number of ether oxygens (including phenoxy) is 1. The molecule has 122 valence electrons. The molecule has 0 aliphatic carbocycles. The van der Waals surface area contributed by atoms with Crippen LogP contribution in [0.2, 0.25) is 0 Å². The summed E-state index contributed by atoms with van der Waals surface area (Å²) in [7, 11) is 0. The molecule has 6 nitrogen and oxygen atoms in total. The van der Waals surface area contributed by atoms with E-state index in [0.29, 0.717) is 31.0 Å². The summed E-state index contributed by atoms with van der Waals surface area (Å²) in [6, 6.07) is 11.8. The van der Waals surface area contributed by atoms with Gasteiger partial charge >= 0.3 is 0 Å². The van der Waals surface area contributed by atoms with Crippen molar-refractivity contribution in [2.45, 2.75) is 13.0 Å². The van der Waals surface area contributed by atoms with Crippen LogP contribution in [-0.2, 0) is 4.74 Å². The van der Waals surface area contributed by atoms with Crippen LogP contribution in [0.15, 0.2) is 47.1 Å². The third-order valence-corrected chi connectivity index (χ3v) is 4.28. The minimum Gasteiger partial charge on any atom is -0.370 e. The average Bonchev–Trinajstić information content (AvgIpc) is 3.02. The lowest BCUT2D eigenvalue weighted by molar-refractivity contribution is -0.0228. The third kappa shape index (κ3) is 2.65. The number of fused-ring (bicyclic) bond motifs is 1. The van der Waals surface area contributed by atoms with E-state index in [4.69, 9.17) is 9.26 Å². The summed E-state index contributed by atoms with van der Waals surface area (Å²) in [5.41, 5.74) is 2.81. The van der Waals surface area contributed by atoms with Gasteiger partial charge in [-0.05, 0) is 18.6 Å². The van der Waals surface area contributed by atoms with Crippen LogP contribution in [-0.4, -0.2) is 40.6 Å². The van der Waals surface area contributed by atoms with Gasteiger partial charge in [-0.3, -0.25) is 4.79 Å². The van der Waals surface area contributed by atoms with Crippen LogP contribution in [0.3, 0.4) is 0 Å². The highest BCUT2D eigenvalue weighted by Crippen LogP contribution is 2.24. The first kappa shape index (κ1) is 14.8. The Morgan fingerprint density at radius 1 is 1.29 bits per heavy atom. The van der Waals surface area contributed by atoms with Crippen molar-refractivity contribution in [3.05, 3.63) is 59.4 Å². The maximum Gasteiger partial charge on any atom is 0.257 e. The summed E-state index contributed by atoms with van der Waals surface area (Å²) in [6.07, 6.45) is 1.44. The number of nitrogens with zero attached hydrogens (tertiary/aromatic N) is 3. The molecule has 24 heavy (non-hydrogen) atoms. The summed E-state index contributed by atoms with van der Waals surface area (Å²) in [5, 5.41) is 4.65. The molecular formula is C18H17N3O3. The smallest absolute Gasteiger partial charge is 0.257 e. The molecule has 1 aliphatic rings. The first-order chi connectivity index (χ1) is 11.7. The fourth-order valence-corrected chi connectivity index (χ4v) is 2.95. The fourth-order valence-electron chi connectivity index (χ4n) is 2.95. The molecular weight excluding hydrogens is 306 g/mol. The number of hydrogen-bond acceptors (Lipinski definition) is 5. The Labute approximate surface area is 139 Å². The fraction of sp³-hybridized carbons (Fsp3) is 0.278. The summed E-state index contributed by atoms with van der Waals surface area (Å²) in [6.45, 7) is 3.46. The first-order valence-corrected chi connectivity index (χ1v) is 7.90. The van der Waals surface area contributed by atoms with Crippen LogP contribution < -0.4 is 0 Å². The minimum absolute atomic E-state index is 0.0470. The van der Waals surface area contributed by atoms with Gasteiger partial charge in [-0.15, -0.1) is 0 Å². The largest absolute Gasteiger partial charge is 0.370 e. The Hall–Kier alpha value is -2.73.